The topological polar surface area (TPSA) is 74.0 Å². The van der Waals surface area contributed by atoms with Crippen LogP contribution in [0.3, 0.4) is 0 Å². The first-order valence-corrected chi connectivity index (χ1v) is 8.20. The van der Waals surface area contributed by atoms with E-state index in [1.165, 1.54) is 15.3 Å². The van der Waals surface area contributed by atoms with Gasteiger partial charge in [0.15, 0.2) is 5.78 Å². The summed E-state index contributed by atoms with van der Waals surface area (Å²) in [5, 5.41) is 0.439. The maximum atomic E-state index is 12.9. The van der Waals surface area contributed by atoms with Crippen LogP contribution in [0, 0.1) is 0 Å². The van der Waals surface area contributed by atoms with E-state index in [4.69, 9.17) is 0 Å². The second-order valence-corrected chi connectivity index (χ2v) is 6.13. The van der Waals surface area contributed by atoms with Gasteiger partial charge in [0.1, 0.15) is 5.65 Å². The number of hydrogen-bond donors (Lipinski definition) is 0. The van der Waals surface area contributed by atoms with Gasteiger partial charge in [0, 0.05) is 31.8 Å². The molecule has 1 aliphatic carbocycles. The SMILES string of the molecule is CCCCCn1c(=O)c2c3c(cnc2n(C)c1=O)C(=O)CCC3. The number of Topliss-reactive ketones (excluding diaryl/α,β-unsaturated/α-hetero) is 1. The molecule has 0 amide bonds. The molecule has 0 unspecified atom stereocenters. The summed E-state index contributed by atoms with van der Waals surface area (Å²) < 4.78 is 2.71. The van der Waals surface area contributed by atoms with E-state index in [2.05, 4.69) is 11.9 Å². The van der Waals surface area contributed by atoms with Crippen LogP contribution in [0.1, 0.15) is 54.9 Å². The van der Waals surface area contributed by atoms with Crippen LogP contribution in [0.4, 0.5) is 0 Å². The molecule has 23 heavy (non-hydrogen) atoms. The molecule has 6 heteroatoms. The van der Waals surface area contributed by atoms with E-state index < -0.39 is 0 Å². The number of aryl methyl sites for hydroxylation is 2. The number of carbonyl (C=O) groups is 1. The number of carbonyl (C=O) groups excluding carboxylic acids is 1. The van der Waals surface area contributed by atoms with E-state index in [9.17, 15) is 14.4 Å². The van der Waals surface area contributed by atoms with Gasteiger partial charge >= 0.3 is 5.69 Å². The maximum Gasteiger partial charge on any atom is 0.332 e. The Balaban J connectivity index is 2.29. The number of rotatable bonds is 4. The highest BCUT2D eigenvalue weighted by Crippen LogP contribution is 2.25. The number of nitrogens with zero attached hydrogens (tertiary/aromatic N) is 3. The normalized spacial score (nSPS) is 14.3. The summed E-state index contributed by atoms with van der Waals surface area (Å²) in [6, 6.07) is 0. The molecule has 0 spiro atoms. The van der Waals surface area contributed by atoms with Crippen molar-refractivity contribution >= 4 is 16.8 Å². The Morgan fingerprint density at radius 2 is 1.96 bits per heavy atom. The van der Waals surface area contributed by atoms with Gasteiger partial charge in [-0.3, -0.25) is 18.7 Å². The van der Waals surface area contributed by atoms with E-state index in [0.717, 1.165) is 31.2 Å². The molecule has 122 valence electrons. The monoisotopic (exact) mass is 315 g/mol. The predicted molar refractivity (Wildman–Crippen MR) is 88.0 cm³/mol. The van der Waals surface area contributed by atoms with Gasteiger partial charge in [-0.05, 0) is 24.8 Å². The average Bonchev–Trinajstić information content (AvgIpc) is 2.55. The summed E-state index contributed by atoms with van der Waals surface area (Å²) in [4.78, 5) is 41.6. The number of hydrogen-bond acceptors (Lipinski definition) is 4. The third-order valence-electron chi connectivity index (χ3n) is 4.58. The average molecular weight is 315 g/mol. The molecule has 0 aliphatic heterocycles. The van der Waals surface area contributed by atoms with E-state index in [1.807, 2.05) is 0 Å². The van der Waals surface area contributed by atoms with Gasteiger partial charge < -0.3 is 0 Å². The van der Waals surface area contributed by atoms with Gasteiger partial charge in [-0.2, -0.15) is 0 Å². The molecule has 0 bridgehead atoms. The van der Waals surface area contributed by atoms with E-state index >= 15 is 0 Å². The minimum absolute atomic E-state index is 0.0337. The van der Waals surface area contributed by atoms with E-state index in [-0.39, 0.29) is 17.0 Å². The fraction of sp³-hybridized carbons (Fsp3) is 0.529. The molecular formula is C17H21N3O3. The van der Waals surface area contributed by atoms with Gasteiger partial charge in [-0.25, -0.2) is 9.78 Å². The zero-order valence-electron chi connectivity index (χ0n) is 13.6. The van der Waals surface area contributed by atoms with Gasteiger partial charge in [0.05, 0.1) is 5.39 Å². The molecule has 1 aliphatic rings. The quantitative estimate of drug-likeness (QED) is 0.806. The Morgan fingerprint density at radius 3 is 2.70 bits per heavy atom. The lowest BCUT2D eigenvalue weighted by Gasteiger charge is -2.18. The third-order valence-corrected chi connectivity index (χ3v) is 4.58. The Labute approximate surface area is 133 Å². The van der Waals surface area contributed by atoms with Gasteiger partial charge in [0.25, 0.3) is 5.56 Å². The molecule has 3 rings (SSSR count). The lowest BCUT2D eigenvalue weighted by molar-refractivity contribution is 0.0972. The predicted octanol–water partition coefficient (Wildman–Crippen LogP) is 1.80. The molecule has 0 fully saturated rings. The molecule has 2 heterocycles. The van der Waals surface area contributed by atoms with Crippen molar-refractivity contribution in [1.82, 2.24) is 14.1 Å². The standard InChI is InChI=1S/C17H21N3O3/c1-3-4-5-9-20-16(22)14-11-7-6-8-13(21)12(11)10-18-15(14)19(2)17(20)23/h10H,3-9H2,1-2H3. The summed E-state index contributed by atoms with van der Waals surface area (Å²) in [5.74, 6) is 0.0337. The summed E-state index contributed by atoms with van der Waals surface area (Å²) >= 11 is 0. The summed E-state index contributed by atoms with van der Waals surface area (Å²) in [6.07, 6.45) is 6.21. The fourth-order valence-corrected chi connectivity index (χ4v) is 3.29. The van der Waals surface area contributed by atoms with Crippen molar-refractivity contribution in [3.8, 4) is 0 Å². The number of unbranched alkanes of at least 4 members (excludes halogenated alkanes) is 2. The van der Waals surface area contributed by atoms with Crippen LogP contribution in [0.2, 0.25) is 0 Å². The maximum absolute atomic E-state index is 12.9. The van der Waals surface area contributed by atoms with Crippen LogP contribution >= 0.6 is 0 Å². The Morgan fingerprint density at radius 1 is 1.17 bits per heavy atom. The summed E-state index contributed by atoms with van der Waals surface area (Å²) in [7, 11) is 1.63. The van der Waals surface area contributed by atoms with Gasteiger partial charge in [0.2, 0.25) is 0 Å². The zero-order chi connectivity index (χ0) is 16.6. The molecule has 0 N–H and O–H groups in total. The van der Waals surface area contributed by atoms with Crippen LogP contribution in [0.15, 0.2) is 15.8 Å². The Bertz CT molecular complexity index is 893. The highest BCUT2D eigenvalue weighted by Gasteiger charge is 2.24. The van der Waals surface area contributed by atoms with E-state index in [1.54, 1.807) is 7.05 Å². The van der Waals surface area contributed by atoms with Crippen LogP contribution in [0.25, 0.3) is 11.0 Å². The zero-order valence-corrected chi connectivity index (χ0v) is 13.6. The van der Waals surface area contributed by atoms with Crippen molar-refractivity contribution in [2.75, 3.05) is 0 Å². The second kappa shape index (κ2) is 6.10. The van der Waals surface area contributed by atoms with Crippen LogP contribution in [0.5, 0.6) is 0 Å². The first-order chi connectivity index (χ1) is 11.1. The smallest absolute Gasteiger partial charge is 0.294 e. The third kappa shape index (κ3) is 2.52. The summed E-state index contributed by atoms with van der Waals surface area (Å²) in [5.41, 5.74) is 1.03. The molecule has 0 radical (unpaired) electrons. The lowest BCUT2D eigenvalue weighted by atomic mass is 9.90. The van der Waals surface area contributed by atoms with Gasteiger partial charge in [-0.1, -0.05) is 19.8 Å². The van der Waals surface area contributed by atoms with Crippen molar-refractivity contribution in [3.63, 3.8) is 0 Å². The van der Waals surface area contributed by atoms with Crippen molar-refractivity contribution in [2.45, 2.75) is 52.0 Å². The van der Waals surface area contributed by atoms with Crippen LogP contribution in [-0.2, 0) is 20.0 Å². The van der Waals surface area contributed by atoms with E-state index in [0.29, 0.717) is 36.0 Å². The molecule has 0 saturated heterocycles. The first kappa shape index (κ1) is 15.6. The molecule has 0 atom stereocenters. The van der Waals surface area contributed by atoms with Crippen molar-refractivity contribution < 1.29 is 4.79 Å². The molecule has 2 aromatic rings. The molecule has 0 aromatic carbocycles. The summed E-state index contributed by atoms with van der Waals surface area (Å²) in [6.45, 7) is 2.49. The molecule has 6 nitrogen and oxygen atoms in total. The van der Waals surface area contributed by atoms with Crippen molar-refractivity contribution in [2.24, 2.45) is 7.05 Å². The minimum atomic E-state index is -0.340. The highest BCUT2D eigenvalue weighted by atomic mass is 16.2. The molecule has 2 aromatic heterocycles. The minimum Gasteiger partial charge on any atom is -0.294 e. The van der Waals surface area contributed by atoms with Crippen LogP contribution in [-0.4, -0.2) is 19.9 Å². The largest absolute Gasteiger partial charge is 0.332 e. The number of aromatic nitrogens is 3. The van der Waals surface area contributed by atoms with Crippen molar-refractivity contribution in [1.29, 1.82) is 0 Å². The number of fused-ring (bicyclic) bond motifs is 3. The van der Waals surface area contributed by atoms with Crippen molar-refractivity contribution in [3.05, 3.63) is 38.2 Å². The fourth-order valence-electron chi connectivity index (χ4n) is 3.29. The van der Waals surface area contributed by atoms with Crippen LogP contribution < -0.4 is 11.2 Å². The van der Waals surface area contributed by atoms with Gasteiger partial charge in [-0.15, -0.1) is 0 Å². The Kier molecular flexibility index (Phi) is 4.15. The lowest BCUT2D eigenvalue weighted by Crippen LogP contribution is -2.40. The first-order valence-electron chi connectivity index (χ1n) is 8.20. The highest BCUT2D eigenvalue weighted by molar-refractivity contribution is 6.01. The number of ketones is 1. The molecule has 0 saturated carbocycles. The molecular weight excluding hydrogens is 294 g/mol. The Hall–Kier alpha value is -2.24. The second-order valence-electron chi connectivity index (χ2n) is 6.13. The number of pyridine rings is 1.